The van der Waals surface area contributed by atoms with E-state index in [1.165, 1.54) is 6.33 Å². The lowest BCUT2D eigenvalue weighted by molar-refractivity contribution is 0.0748. The zero-order valence-electron chi connectivity index (χ0n) is 19.7. The molecule has 0 bridgehead atoms. The molecular formula is C23H29N9O. The molecule has 33 heavy (non-hydrogen) atoms. The average molecular weight is 448 g/mol. The predicted molar refractivity (Wildman–Crippen MR) is 126 cm³/mol. The number of rotatable bonds is 4. The Bertz CT molecular complexity index is 1330. The molecule has 5 heterocycles. The smallest absolute Gasteiger partial charge is 0.254 e. The summed E-state index contributed by atoms with van der Waals surface area (Å²) in [5.74, 6) is 1.79. The number of fused-ring (bicyclic) bond motifs is 2. The number of pyridine rings is 1. The first-order valence-corrected chi connectivity index (χ1v) is 11.4. The summed E-state index contributed by atoms with van der Waals surface area (Å²) in [6.45, 7) is 13.0. The van der Waals surface area contributed by atoms with Gasteiger partial charge in [0, 0.05) is 49.7 Å². The van der Waals surface area contributed by atoms with Gasteiger partial charge in [0.05, 0.1) is 17.1 Å². The van der Waals surface area contributed by atoms with E-state index in [1.54, 1.807) is 10.7 Å². The molecule has 0 radical (unpaired) electrons. The summed E-state index contributed by atoms with van der Waals surface area (Å²) in [4.78, 5) is 31.3. The highest BCUT2D eigenvalue weighted by atomic mass is 16.2. The number of aryl methyl sites for hydroxylation is 1. The average Bonchev–Trinajstić information content (AvgIpc) is 3.44. The van der Waals surface area contributed by atoms with Gasteiger partial charge in [-0.2, -0.15) is 19.7 Å². The summed E-state index contributed by atoms with van der Waals surface area (Å²) in [7, 11) is 0. The third kappa shape index (κ3) is 3.69. The van der Waals surface area contributed by atoms with Crippen LogP contribution in [0, 0.1) is 6.92 Å². The van der Waals surface area contributed by atoms with Crippen LogP contribution in [0.1, 0.15) is 61.4 Å². The summed E-state index contributed by atoms with van der Waals surface area (Å²) in [6, 6.07) is 4.13. The van der Waals surface area contributed by atoms with Crippen LogP contribution in [0.15, 0.2) is 24.7 Å². The van der Waals surface area contributed by atoms with Crippen LogP contribution in [0.25, 0.3) is 16.8 Å². The van der Waals surface area contributed by atoms with Crippen molar-refractivity contribution >= 4 is 28.5 Å². The van der Waals surface area contributed by atoms with E-state index in [2.05, 4.69) is 52.8 Å². The molecule has 10 heteroatoms. The molecule has 4 aromatic rings. The van der Waals surface area contributed by atoms with Gasteiger partial charge in [0.25, 0.3) is 11.7 Å². The first kappa shape index (κ1) is 21.3. The van der Waals surface area contributed by atoms with Crippen molar-refractivity contribution in [2.45, 2.75) is 46.6 Å². The van der Waals surface area contributed by atoms with Crippen molar-refractivity contribution in [3.63, 3.8) is 0 Å². The minimum absolute atomic E-state index is 0.0315. The fourth-order valence-corrected chi connectivity index (χ4v) is 4.33. The molecule has 1 fully saturated rings. The summed E-state index contributed by atoms with van der Waals surface area (Å²) in [5, 5.41) is 9.65. The standard InChI is InChI=1S/C23H29N9O/c1-14(2)19-11-17(18-12-25-31(15(3)4)21(18)28-19)22(33)30-8-6-29(7-9-30)20-10-16(5)27-23-24-13-26-32(20)23/h10-15H,6-9H2,1-5H3. The molecule has 10 nitrogen and oxygen atoms in total. The van der Waals surface area contributed by atoms with Crippen molar-refractivity contribution in [3.05, 3.63) is 41.6 Å². The molecular weight excluding hydrogens is 418 g/mol. The molecule has 0 aliphatic carbocycles. The van der Waals surface area contributed by atoms with E-state index in [4.69, 9.17) is 4.98 Å². The first-order valence-electron chi connectivity index (χ1n) is 11.4. The van der Waals surface area contributed by atoms with Crippen LogP contribution in [0.3, 0.4) is 0 Å². The number of piperazine rings is 1. The molecule has 5 rings (SSSR count). The van der Waals surface area contributed by atoms with Gasteiger partial charge in [0.15, 0.2) is 5.65 Å². The quantitative estimate of drug-likeness (QED) is 0.474. The van der Waals surface area contributed by atoms with E-state index in [0.717, 1.165) is 28.2 Å². The molecule has 1 amide bonds. The van der Waals surface area contributed by atoms with E-state index in [0.29, 0.717) is 37.5 Å². The monoisotopic (exact) mass is 447 g/mol. The Balaban J connectivity index is 1.43. The van der Waals surface area contributed by atoms with Crippen molar-refractivity contribution in [1.29, 1.82) is 0 Å². The number of nitrogens with zero attached hydrogens (tertiary/aromatic N) is 9. The SMILES string of the molecule is Cc1cc(N2CCN(C(=O)c3cc(C(C)C)nc4c3cnn4C(C)C)CC2)n2ncnc2n1. The number of aromatic nitrogens is 7. The summed E-state index contributed by atoms with van der Waals surface area (Å²) in [5.41, 5.74) is 3.26. The Hall–Kier alpha value is -3.56. The number of anilines is 1. The highest BCUT2D eigenvalue weighted by Crippen LogP contribution is 2.26. The largest absolute Gasteiger partial charge is 0.353 e. The molecule has 0 saturated carbocycles. The van der Waals surface area contributed by atoms with Gasteiger partial charge >= 0.3 is 0 Å². The van der Waals surface area contributed by atoms with Crippen molar-refractivity contribution in [1.82, 2.24) is 39.2 Å². The number of carbonyl (C=O) groups is 1. The van der Waals surface area contributed by atoms with E-state index >= 15 is 0 Å². The highest BCUT2D eigenvalue weighted by Gasteiger charge is 2.27. The topological polar surface area (TPSA) is 97.3 Å². The first-order chi connectivity index (χ1) is 15.8. The van der Waals surface area contributed by atoms with Crippen LogP contribution >= 0.6 is 0 Å². The van der Waals surface area contributed by atoms with Crippen LogP contribution in [0.2, 0.25) is 0 Å². The molecule has 0 aromatic carbocycles. The molecule has 172 valence electrons. The Labute approximate surface area is 192 Å². The lowest BCUT2D eigenvalue weighted by Gasteiger charge is -2.36. The van der Waals surface area contributed by atoms with Gasteiger partial charge < -0.3 is 9.80 Å². The van der Waals surface area contributed by atoms with Gasteiger partial charge in [0.1, 0.15) is 12.1 Å². The Morgan fingerprint density at radius 3 is 2.45 bits per heavy atom. The fraction of sp³-hybridized carbons (Fsp3) is 0.478. The Kier molecular flexibility index (Phi) is 5.22. The third-order valence-corrected chi connectivity index (χ3v) is 6.15. The molecule has 1 aliphatic heterocycles. The molecule has 1 saturated heterocycles. The molecule has 0 unspecified atom stereocenters. The molecule has 0 spiro atoms. The van der Waals surface area contributed by atoms with Crippen molar-refractivity contribution in [3.8, 4) is 0 Å². The number of hydrogen-bond acceptors (Lipinski definition) is 7. The van der Waals surface area contributed by atoms with Gasteiger partial charge in [-0.3, -0.25) is 4.79 Å². The van der Waals surface area contributed by atoms with Crippen LogP contribution in [-0.2, 0) is 0 Å². The lowest BCUT2D eigenvalue weighted by Crippen LogP contribution is -2.49. The van der Waals surface area contributed by atoms with Gasteiger partial charge in [0.2, 0.25) is 0 Å². The second kappa shape index (κ2) is 8.09. The summed E-state index contributed by atoms with van der Waals surface area (Å²) < 4.78 is 3.65. The van der Waals surface area contributed by atoms with Crippen LogP contribution in [-0.4, -0.2) is 71.3 Å². The Morgan fingerprint density at radius 1 is 1.00 bits per heavy atom. The minimum atomic E-state index is 0.0315. The molecule has 1 aliphatic rings. The van der Waals surface area contributed by atoms with Crippen LogP contribution in [0.5, 0.6) is 0 Å². The summed E-state index contributed by atoms with van der Waals surface area (Å²) >= 11 is 0. The fourth-order valence-electron chi connectivity index (χ4n) is 4.33. The van der Waals surface area contributed by atoms with Crippen molar-refractivity contribution in [2.75, 3.05) is 31.1 Å². The van der Waals surface area contributed by atoms with Gasteiger partial charge in [-0.15, -0.1) is 0 Å². The normalized spacial score (nSPS) is 14.9. The van der Waals surface area contributed by atoms with Crippen LogP contribution < -0.4 is 4.90 Å². The van der Waals surface area contributed by atoms with Gasteiger partial charge in [-0.1, -0.05) is 13.8 Å². The maximum Gasteiger partial charge on any atom is 0.254 e. The van der Waals surface area contributed by atoms with Gasteiger partial charge in [-0.25, -0.2) is 14.6 Å². The third-order valence-electron chi connectivity index (χ3n) is 6.15. The Morgan fingerprint density at radius 2 is 1.76 bits per heavy atom. The summed E-state index contributed by atoms with van der Waals surface area (Å²) in [6.07, 6.45) is 3.29. The predicted octanol–water partition coefficient (Wildman–Crippen LogP) is 2.84. The van der Waals surface area contributed by atoms with E-state index in [-0.39, 0.29) is 17.9 Å². The maximum absolute atomic E-state index is 13.6. The number of amides is 1. The van der Waals surface area contributed by atoms with Crippen molar-refractivity contribution in [2.24, 2.45) is 0 Å². The second-order valence-corrected chi connectivity index (χ2v) is 9.18. The minimum Gasteiger partial charge on any atom is -0.353 e. The lowest BCUT2D eigenvalue weighted by atomic mass is 10.0. The highest BCUT2D eigenvalue weighted by molar-refractivity contribution is 6.05. The van der Waals surface area contributed by atoms with Crippen molar-refractivity contribution < 1.29 is 4.79 Å². The molecule has 4 aromatic heterocycles. The van der Waals surface area contributed by atoms with Crippen LogP contribution in [0.4, 0.5) is 5.82 Å². The van der Waals surface area contributed by atoms with Gasteiger partial charge in [-0.05, 0) is 32.8 Å². The van der Waals surface area contributed by atoms with E-state index < -0.39 is 0 Å². The zero-order valence-corrected chi connectivity index (χ0v) is 19.7. The zero-order chi connectivity index (χ0) is 23.3. The number of carbonyl (C=O) groups excluding carboxylic acids is 1. The van der Waals surface area contributed by atoms with E-state index in [1.807, 2.05) is 28.6 Å². The maximum atomic E-state index is 13.6. The molecule has 0 atom stereocenters. The van der Waals surface area contributed by atoms with E-state index in [9.17, 15) is 4.79 Å². The molecule has 0 N–H and O–H groups in total. The number of hydrogen-bond donors (Lipinski definition) is 0. The second-order valence-electron chi connectivity index (χ2n) is 9.18.